The van der Waals surface area contributed by atoms with Crippen LogP contribution in [0, 0.1) is 0 Å². The van der Waals surface area contributed by atoms with Crippen LogP contribution in [0.5, 0.6) is 11.5 Å². The van der Waals surface area contributed by atoms with Gasteiger partial charge in [0.05, 0.1) is 0 Å². The largest absolute Gasteiger partial charge is 0.454 e. The molecule has 1 saturated heterocycles. The lowest BCUT2D eigenvalue weighted by molar-refractivity contribution is -0.133. The van der Waals surface area contributed by atoms with Crippen LogP contribution in [0.25, 0.3) is 0 Å². The lowest BCUT2D eigenvalue weighted by atomic mass is 10.1. The van der Waals surface area contributed by atoms with E-state index in [0.29, 0.717) is 43.2 Å². The van der Waals surface area contributed by atoms with Crippen molar-refractivity contribution in [1.82, 2.24) is 15.2 Å². The topological polar surface area (TPSA) is 84.0 Å². The third-order valence-corrected chi connectivity index (χ3v) is 4.92. The summed E-state index contributed by atoms with van der Waals surface area (Å²) >= 11 is 0. The predicted octanol–water partition coefficient (Wildman–Crippen LogP) is 1.28. The molecule has 0 aliphatic carbocycles. The van der Waals surface area contributed by atoms with Crippen molar-refractivity contribution < 1.29 is 19.1 Å². The minimum Gasteiger partial charge on any atom is -0.454 e. The minimum atomic E-state index is -0.612. The Morgan fingerprint density at radius 3 is 2.61 bits per heavy atom. The normalized spacial score (nSPS) is 16.6. The third kappa shape index (κ3) is 3.71. The molecule has 1 fully saturated rings. The number of amides is 2. The molecule has 28 heavy (non-hydrogen) atoms. The minimum absolute atomic E-state index is 0.0882. The monoisotopic (exact) mass is 382 g/mol. The Morgan fingerprint density at radius 1 is 1.07 bits per heavy atom. The zero-order valence-corrected chi connectivity index (χ0v) is 15.6. The van der Waals surface area contributed by atoms with Gasteiger partial charge in [0.2, 0.25) is 12.7 Å². The summed E-state index contributed by atoms with van der Waals surface area (Å²) in [6.07, 6.45) is 1.76. The van der Waals surface area contributed by atoms with Gasteiger partial charge < -0.3 is 24.6 Å². The summed E-state index contributed by atoms with van der Waals surface area (Å²) in [5.74, 6) is 1.67. The van der Waals surface area contributed by atoms with Gasteiger partial charge in [0, 0.05) is 37.9 Å². The van der Waals surface area contributed by atoms with E-state index in [-0.39, 0.29) is 18.6 Å². The van der Waals surface area contributed by atoms with Crippen molar-refractivity contribution in [2.24, 2.45) is 0 Å². The second kappa shape index (κ2) is 7.75. The second-order valence-corrected chi connectivity index (χ2v) is 6.76. The summed E-state index contributed by atoms with van der Waals surface area (Å²) in [6, 6.07) is 10.2. The van der Waals surface area contributed by atoms with Gasteiger partial charge in [-0.3, -0.25) is 9.59 Å². The highest BCUT2D eigenvalue weighted by molar-refractivity contribution is 5.98. The maximum Gasteiger partial charge on any atom is 0.252 e. The van der Waals surface area contributed by atoms with Crippen molar-refractivity contribution in [1.29, 1.82) is 0 Å². The van der Waals surface area contributed by atoms with Gasteiger partial charge in [-0.15, -0.1) is 0 Å². The average molecular weight is 382 g/mol. The number of fused-ring (bicyclic) bond motifs is 1. The van der Waals surface area contributed by atoms with E-state index in [1.807, 2.05) is 18.2 Å². The van der Waals surface area contributed by atoms with Crippen molar-refractivity contribution in [3.05, 3.63) is 48.2 Å². The van der Waals surface area contributed by atoms with Crippen LogP contribution in [0.3, 0.4) is 0 Å². The quantitative estimate of drug-likeness (QED) is 0.858. The molecule has 1 aromatic heterocycles. The summed E-state index contributed by atoms with van der Waals surface area (Å²) in [6.45, 7) is 4.48. The molecular weight excluding hydrogens is 360 g/mol. The molecule has 8 nitrogen and oxygen atoms in total. The van der Waals surface area contributed by atoms with Gasteiger partial charge >= 0.3 is 0 Å². The highest BCUT2D eigenvalue weighted by Crippen LogP contribution is 2.32. The average Bonchev–Trinajstić information content (AvgIpc) is 3.22. The molecule has 146 valence electrons. The maximum absolute atomic E-state index is 12.7. The number of pyridine rings is 1. The number of carbonyl (C=O) groups is 2. The number of nitrogens with one attached hydrogen (secondary N) is 1. The number of carbonyl (C=O) groups excluding carboxylic acids is 2. The van der Waals surface area contributed by atoms with Crippen LogP contribution < -0.4 is 19.7 Å². The molecule has 2 aliphatic rings. The number of piperazine rings is 1. The molecule has 2 aromatic rings. The lowest BCUT2D eigenvalue weighted by Gasteiger charge is -2.36. The van der Waals surface area contributed by atoms with E-state index < -0.39 is 6.04 Å². The number of rotatable bonds is 4. The Bertz CT molecular complexity index is 866. The van der Waals surface area contributed by atoms with Gasteiger partial charge in [-0.1, -0.05) is 6.07 Å². The molecule has 2 aliphatic heterocycles. The van der Waals surface area contributed by atoms with Crippen molar-refractivity contribution in [3.63, 3.8) is 0 Å². The molecule has 8 heteroatoms. The standard InChI is InChI=1S/C20H22N4O4/c1-14(22-19(25)15-5-6-16-17(12-15)28-13-27-16)20(26)24-10-8-23(9-11-24)18-4-2-3-7-21-18/h2-7,12,14H,8-11,13H2,1H3,(H,22,25)/t14-/m1/s1. The van der Waals surface area contributed by atoms with Gasteiger partial charge in [-0.2, -0.15) is 0 Å². The summed E-state index contributed by atoms with van der Waals surface area (Å²) in [7, 11) is 0. The Kier molecular flexibility index (Phi) is 5.01. The molecule has 0 unspecified atom stereocenters. The van der Waals surface area contributed by atoms with Gasteiger partial charge in [-0.25, -0.2) is 4.98 Å². The van der Waals surface area contributed by atoms with Crippen molar-refractivity contribution >= 4 is 17.6 Å². The highest BCUT2D eigenvalue weighted by Gasteiger charge is 2.27. The van der Waals surface area contributed by atoms with Gasteiger partial charge in [0.25, 0.3) is 5.91 Å². The fraction of sp³-hybridized carbons (Fsp3) is 0.350. The number of aromatic nitrogens is 1. The van der Waals surface area contributed by atoms with Crippen molar-refractivity contribution in [2.45, 2.75) is 13.0 Å². The number of ether oxygens (including phenoxy) is 2. The maximum atomic E-state index is 12.7. The first-order chi connectivity index (χ1) is 13.6. The van der Waals surface area contributed by atoms with Gasteiger partial charge in [0.1, 0.15) is 11.9 Å². The van der Waals surface area contributed by atoms with Crippen molar-refractivity contribution in [3.8, 4) is 11.5 Å². The summed E-state index contributed by atoms with van der Waals surface area (Å²) in [5, 5.41) is 2.77. The van der Waals surface area contributed by atoms with E-state index in [9.17, 15) is 9.59 Å². The highest BCUT2D eigenvalue weighted by atomic mass is 16.7. The summed E-state index contributed by atoms with van der Waals surface area (Å²) < 4.78 is 10.5. The van der Waals surface area contributed by atoms with Crippen LogP contribution in [-0.4, -0.2) is 60.7 Å². The van der Waals surface area contributed by atoms with Crippen LogP contribution in [-0.2, 0) is 4.79 Å². The third-order valence-electron chi connectivity index (χ3n) is 4.92. The van der Waals surface area contributed by atoms with Crippen molar-refractivity contribution in [2.75, 3.05) is 37.9 Å². The summed E-state index contributed by atoms with van der Waals surface area (Å²) in [5.41, 5.74) is 0.434. The van der Waals surface area contributed by atoms with Crippen LogP contribution in [0.15, 0.2) is 42.6 Å². The number of nitrogens with zero attached hydrogens (tertiary/aromatic N) is 3. The van der Waals surface area contributed by atoms with Crippen LogP contribution in [0.2, 0.25) is 0 Å². The molecule has 0 radical (unpaired) electrons. The zero-order valence-electron chi connectivity index (χ0n) is 15.6. The van der Waals surface area contributed by atoms with E-state index >= 15 is 0 Å². The Morgan fingerprint density at radius 2 is 1.86 bits per heavy atom. The molecular formula is C20H22N4O4. The molecule has 0 saturated carbocycles. The second-order valence-electron chi connectivity index (χ2n) is 6.76. The Hall–Kier alpha value is -3.29. The zero-order chi connectivity index (χ0) is 19.5. The molecule has 0 spiro atoms. The molecule has 4 rings (SSSR count). The number of hydrogen-bond acceptors (Lipinski definition) is 6. The van der Waals surface area contributed by atoms with Crippen LogP contribution in [0.4, 0.5) is 5.82 Å². The molecule has 0 bridgehead atoms. The smallest absolute Gasteiger partial charge is 0.252 e. The predicted molar refractivity (Wildman–Crippen MR) is 103 cm³/mol. The fourth-order valence-corrected chi connectivity index (χ4v) is 3.35. The van der Waals surface area contributed by atoms with Crippen LogP contribution in [0.1, 0.15) is 17.3 Å². The Labute approximate surface area is 163 Å². The number of benzene rings is 1. The van der Waals surface area contributed by atoms with E-state index in [1.165, 1.54) is 0 Å². The molecule has 2 amide bonds. The van der Waals surface area contributed by atoms with E-state index in [2.05, 4.69) is 15.2 Å². The first-order valence-corrected chi connectivity index (χ1v) is 9.27. The Balaban J connectivity index is 1.32. The first kappa shape index (κ1) is 18.1. The van der Waals surface area contributed by atoms with E-state index in [0.717, 1.165) is 5.82 Å². The number of hydrogen-bond donors (Lipinski definition) is 1. The molecule has 1 atom stereocenters. The van der Waals surface area contributed by atoms with Crippen LogP contribution >= 0.6 is 0 Å². The fourth-order valence-electron chi connectivity index (χ4n) is 3.35. The SMILES string of the molecule is C[C@@H](NC(=O)c1ccc2c(c1)OCO2)C(=O)N1CCN(c2ccccn2)CC1. The number of anilines is 1. The van der Waals surface area contributed by atoms with E-state index in [4.69, 9.17) is 9.47 Å². The summed E-state index contributed by atoms with van der Waals surface area (Å²) in [4.78, 5) is 33.5. The molecule has 1 aromatic carbocycles. The molecule has 3 heterocycles. The van der Waals surface area contributed by atoms with Gasteiger partial charge in [0.15, 0.2) is 11.5 Å². The lowest BCUT2D eigenvalue weighted by Crippen LogP contribution is -2.54. The first-order valence-electron chi connectivity index (χ1n) is 9.27. The van der Waals surface area contributed by atoms with E-state index in [1.54, 1.807) is 36.2 Å². The van der Waals surface area contributed by atoms with Gasteiger partial charge in [-0.05, 0) is 37.3 Å². The molecule has 1 N–H and O–H groups in total.